The number of hydrogen-bond acceptors (Lipinski definition) is 7. The lowest BCUT2D eigenvalue weighted by atomic mass is 10.1. The summed E-state index contributed by atoms with van der Waals surface area (Å²) in [4.78, 5) is 30.7. The summed E-state index contributed by atoms with van der Waals surface area (Å²) in [6.07, 6.45) is 2.44. The third-order valence-corrected chi connectivity index (χ3v) is 6.67. The summed E-state index contributed by atoms with van der Waals surface area (Å²) in [6.45, 7) is 0. The number of anilines is 2. The van der Waals surface area contributed by atoms with Crippen LogP contribution in [0.15, 0.2) is 60.8 Å². The van der Waals surface area contributed by atoms with Crippen molar-refractivity contribution in [1.29, 1.82) is 0 Å². The predicted octanol–water partition coefficient (Wildman–Crippen LogP) is 6.14. The third-order valence-electron chi connectivity index (χ3n) is 6.29. The van der Waals surface area contributed by atoms with E-state index in [1.807, 2.05) is 4.90 Å². The fourth-order valence-electron chi connectivity index (χ4n) is 4.18. The lowest BCUT2D eigenvalue weighted by Gasteiger charge is -2.25. The number of ether oxygens (including phenoxy) is 3. The Morgan fingerprint density at radius 3 is 2.54 bits per heavy atom. The average Bonchev–Trinajstić information content (AvgIpc) is 3.77. The summed E-state index contributed by atoms with van der Waals surface area (Å²) in [5.74, 6) is -0.843. The highest BCUT2D eigenvalue weighted by molar-refractivity contribution is 6.36. The maximum atomic E-state index is 15.7. The molecule has 1 aliphatic carbocycles. The smallest absolute Gasteiger partial charge is 0.417 e. The minimum absolute atomic E-state index is 0.0188. The summed E-state index contributed by atoms with van der Waals surface area (Å²) in [5.41, 5.74) is 6.36. The van der Waals surface area contributed by atoms with Gasteiger partial charge in [0.15, 0.2) is 11.6 Å². The number of carbonyl (C=O) groups excluding carboxylic acids is 2. The molecule has 1 aromatic heterocycles. The molecule has 0 aliphatic heterocycles. The molecule has 0 saturated heterocycles. The van der Waals surface area contributed by atoms with Gasteiger partial charge in [0.05, 0.1) is 28.9 Å². The van der Waals surface area contributed by atoms with Crippen LogP contribution < -0.4 is 30.2 Å². The van der Waals surface area contributed by atoms with Crippen LogP contribution in [0.5, 0.6) is 23.0 Å². The van der Waals surface area contributed by atoms with Crippen molar-refractivity contribution in [3.05, 3.63) is 77.2 Å². The number of amides is 2. The number of fused-ring (bicyclic) bond motifs is 1. The van der Waals surface area contributed by atoms with Crippen molar-refractivity contribution in [2.75, 3.05) is 24.4 Å². The van der Waals surface area contributed by atoms with E-state index in [1.54, 1.807) is 43.4 Å². The molecular weight excluding hydrogens is 527 g/mol. The van der Waals surface area contributed by atoms with Gasteiger partial charge in [-0.15, -0.1) is 0 Å². The van der Waals surface area contributed by atoms with Gasteiger partial charge < -0.3 is 24.8 Å². The third kappa shape index (κ3) is 5.37. The van der Waals surface area contributed by atoms with E-state index in [0.29, 0.717) is 16.7 Å². The minimum Gasteiger partial charge on any atom is -0.496 e. The molecule has 1 saturated carbocycles. The van der Waals surface area contributed by atoms with E-state index in [4.69, 9.17) is 31.5 Å². The van der Waals surface area contributed by atoms with Crippen molar-refractivity contribution in [2.24, 2.45) is 5.73 Å². The van der Waals surface area contributed by atoms with Crippen LogP contribution in [0, 0.1) is 5.82 Å². The highest BCUT2D eigenvalue weighted by Gasteiger charge is 2.33. The number of methoxy groups -OCH3 is 1. The van der Waals surface area contributed by atoms with Crippen molar-refractivity contribution in [3.63, 3.8) is 0 Å². The number of primary amides is 1. The number of pyridine rings is 1. The van der Waals surface area contributed by atoms with Gasteiger partial charge >= 0.3 is 6.09 Å². The van der Waals surface area contributed by atoms with E-state index >= 15 is 4.39 Å². The molecular formula is C28H24ClFN4O5. The van der Waals surface area contributed by atoms with E-state index in [1.165, 1.54) is 25.4 Å². The maximum absolute atomic E-state index is 15.7. The molecule has 39 heavy (non-hydrogen) atoms. The molecule has 9 nitrogen and oxygen atoms in total. The average molecular weight is 551 g/mol. The van der Waals surface area contributed by atoms with Crippen LogP contribution in [-0.2, 0) is 0 Å². The van der Waals surface area contributed by atoms with E-state index in [-0.39, 0.29) is 45.3 Å². The summed E-state index contributed by atoms with van der Waals surface area (Å²) < 4.78 is 32.4. The Hall–Kier alpha value is -4.57. The van der Waals surface area contributed by atoms with Gasteiger partial charge in [0.1, 0.15) is 22.9 Å². The van der Waals surface area contributed by atoms with Crippen molar-refractivity contribution in [1.82, 2.24) is 4.98 Å². The number of para-hydroxylation sites is 1. The van der Waals surface area contributed by atoms with Crippen LogP contribution in [-0.4, -0.2) is 37.2 Å². The molecule has 0 bridgehead atoms. The number of nitrogens with one attached hydrogen (secondary N) is 1. The van der Waals surface area contributed by atoms with E-state index in [2.05, 4.69) is 10.3 Å². The molecule has 2 amide bonds. The van der Waals surface area contributed by atoms with Gasteiger partial charge in [-0.3, -0.25) is 15.1 Å². The van der Waals surface area contributed by atoms with Gasteiger partial charge in [-0.2, -0.15) is 0 Å². The number of nitrogens with two attached hydrogens (primary N) is 1. The zero-order chi connectivity index (χ0) is 27.7. The van der Waals surface area contributed by atoms with Crippen molar-refractivity contribution < 1.29 is 28.2 Å². The number of carbonyl (C=O) groups is 2. The Morgan fingerprint density at radius 2 is 1.87 bits per heavy atom. The summed E-state index contributed by atoms with van der Waals surface area (Å²) in [5, 5.41) is 3.00. The van der Waals surface area contributed by atoms with Crippen LogP contribution in [0.1, 0.15) is 23.2 Å². The lowest BCUT2D eigenvalue weighted by Crippen LogP contribution is -2.22. The van der Waals surface area contributed by atoms with Crippen LogP contribution in [0.4, 0.5) is 20.6 Å². The summed E-state index contributed by atoms with van der Waals surface area (Å²) in [6, 6.07) is 14.2. The van der Waals surface area contributed by atoms with Crippen LogP contribution in [0.2, 0.25) is 5.02 Å². The van der Waals surface area contributed by atoms with Crippen molar-refractivity contribution >= 4 is 45.9 Å². The fourth-order valence-corrected chi connectivity index (χ4v) is 4.50. The molecule has 1 fully saturated rings. The van der Waals surface area contributed by atoms with Crippen molar-refractivity contribution in [3.8, 4) is 23.0 Å². The topological polar surface area (TPSA) is 116 Å². The van der Waals surface area contributed by atoms with Gasteiger partial charge in [0.25, 0.3) is 5.91 Å². The molecule has 0 atom stereocenters. The van der Waals surface area contributed by atoms with Crippen LogP contribution in [0.3, 0.4) is 0 Å². The molecule has 1 aliphatic rings. The molecule has 4 aromatic rings. The van der Waals surface area contributed by atoms with Gasteiger partial charge in [0, 0.05) is 36.8 Å². The molecule has 0 radical (unpaired) electrons. The number of rotatable bonds is 8. The number of aromatic nitrogens is 1. The molecule has 3 aromatic carbocycles. The Kier molecular flexibility index (Phi) is 7.12. The molecule has 200 valence electrons. The van der Waals surface area contributed by atoms with Crippen molar-refractivity contribution in [2.45, 2.75) is 18.9 Å². The first-order valence-electron chi connectivity index (χ1n) is 12.0. The maximum Gasteiger partial charge on any atom is 0.417 e. The van der Waals surface area contributed by atoms with Crippen LogP contribution >= 0.6 is 11.6 Å². The number of nitrogens with zero attached hydrogens (tertiary/aromatic N) is 2. The molecule has 3 N–H and O–H groups in total. The largest absolute Gasteiger partial charge is 0.496 e. The first kappa shape index (κ1) is 26.1. The lowest BCUT2D eigenvalue weighted by molar-refractivity contribution is 0.0997. The molecule has 0 unspecified atom stereocenters. The predicted molar refractivity (Wildman–Crippen MR) is 146 cm³/mol. The summed E-state index contributed by atoms with van der Waals surface area (Å²) in [7, 11) is 3.19. The highest BCUT2D eigenvalue weighted by Crippen LogP contribution is 2.48. The second kappa shape index (κ2) is 10.7. The van der Waals surface area contributed by atoms with Gasteiger partial charge in [-0.25, -0.2) is 9.18 Å². The molecule has 1 heterocycles. The van der Waals surface area contributed by atoms with Gasteiger partial charge in [-0.05, 0) is 37.1 Å². The molecule has 5 rings (SSSR count). The highest BCUT2D eigenvalue weighted by atomic mass is 35.5. The first-order valence-corrected chi connectivity index (χ1v) is 12.4. The monoisotopic (exact) mass is 550 g/mol. The van der Waals surface area contributed by atoms with E-state index in [9.17, 15) is 9.59 Å². The second-order valence-electron chi connectivity index (χ2n) is 8.91. The van der Waals surface area contributed by atoms with E-state index in [0.717, 1.165) is 18.9 Å². The van der Waals surface area contributed by atoms with Gasteiger partial charge in [-0.1, -0.05) is 29.8 Å². The summed E-state index contributed by atoms with van der Waals surface area (Å²) >= 11 is 6.74. The Morgan fingerprint density at radius 1 is 1.13 bits per heavy atom. The van der Waals surface area contributed by atoms with Gasteiger partial charge in [0.2, 0.25) is 0 Å². The Labute approximate surface area is 228 Å². The quantitative estimate of drug-likeness (QED) is 0.271. The molecule has 11 heteroatoms. The number of benzene rings is 3. The second-order valence-corrected chi connectivity index (χ2v) is 9.29. The standard InChI is InChI=1S/C28H24ClFN4O5/c1-34(15-8-9-15)25-24(29)21(33-28(36)38-16-6-4-3-5-7-16)13-19(30)26(25)39-22-10-11-32-20-14-23(37-2)18(27(31)35)12-17(20)22/h3-7,10-15H,8-9H2,1-2H3,(H2,31,35)(H,33,36). The zero-order valence-electron chi connectivity index (χ0n) is 21.0. The Bertz CT molecular complexity index is 1580. The molecule has 0 spiro atoms. The van der Waals surface area contributed by atoms with E-state index < -0.39 is 17.8 Å². The first-order chi connectivity index (χ1) is 18.8. The normalized spacial score (nSPS) is 12.6. The SMILES string of the molecule is COc1cc2nccc(Oc3c(F)cc(NC(=O)Oc4ccccc4)c(Cl)c3N(C)C3CC3)c2cc1C(N)=O. The number of halogens is 2. The van der Waals surface area contributed by atoms with Crippen LogP contribution in [0.25, 0.3) is 10.9 Å². The minimum atomic E-state index is -0.829. The number of hydrogen-bond donors (Lipinski definition) is 2. The Balaban J connectivity index is 1.55. The fraction of sp³-hybridized carbons (Fsp3) is 0.179. The zero-order valence-corrected chi connectivity index (χ0v) is 21.8.